The Hall–Kier alpha value is -3.04. The Balaban J connectivity index is 1.74. The Labute approximate surface area is 202 Å². The summed E-state index contributed by atoms with van der Waals surface area (Å²) in [5, 5.41) is 24.1. The van der Waals surface area contributed by atoms with E-state index in [2.05, 4.69) is 29.8 Å². The highest BCUT2D eigenvalue weighted by atomic mass is 35.5. The molecule has 0 aliphatic carbocycles. The molecule has 0 radical (unpaired) electrons. The monoisotopic (exact) mass is 503 g/mol. The standard InChI is InChI=1S/C22H26ClN5O5Si/c1-34(2,3)9-8-32-14-28-17(12-24)10-21(30)27(22(28)31)13-20-25-19(26-33-20)11-18(29)15-4-6-16(23)7-5-15/h4-7,10,18,29H,8-9,11,13-14H2,1-3H3/t18-/m0/s1. The highest BCUT2D eigenvalue weighted by Crippen LogP contribution is 2.19. The van der Waals surface area contributed by atoms with Crippen LogP contribution < -0.4 is 11.2 Å². The molecule has 2 aromatic heterocycles. The van der Waals surface area contributed by atoms with Crippen LogP contribution in [-0.2, 0) is 24.4 Å². The molecule has 1 N–H and O–H groups in total. The minimum absolute atomic E-state index is 0.0217. The molecule has 12 heteroatoms. The van der Waals surface area contributed by atoms with E-state index in [1.54, 1.807) is 24.3 Å². The molecule has 0 bridgehead atoms. The third-order valence-corrected chi connectivity index (χ3v) is 7.00. The Kier molecular flexibility index (Phi) is 8.22. The van der Waals surface area contributed by atoms with Gasteiger partial charge in [-0.25, -0.2) is 4.79 Å². The summed E-state index contributed by atoms with van der Waals surface area (Å²) in [5.74, 6) is 0.238. The Morgan fingerprint density at radius 2 is 1.94 bits per heavy atom. The van der Waals surface area contributed by atoms with Crippen LogP contribution in [0.5, 0.6) is 0 Å². The van der Waals surface area contributed by atoms with Crippen molar-refractivity contribution in [2.75, 3.05) is 6.61 Å². The van der Waals surface area contributed by atoms with Crippen LogP contribution in [0, 0.1) is 11.3 Å². The molecule has 34 heavy (non-hydrogen) atoms. The number of aliphatic hydroxyl groups excluding tert-OH is 1. The smallest absolute Gasteiger partial charge is 0.334 e. The van der Waals surface area contributed by atoms with Gasteiger partial charge in [-0.2, -0.15) is 10.2 Å². The van der Waals surface area contributed by atoms with E-state index in [4.69, 9.17) is 20.9 Å². The van der Waals surface area contributed by atoms with Gasteiger partial charge in [0.05, 0.1) is 6.10 Å². The van der Waals surface area contributed by atoms with Gasteiger partial charge in [0.25, 0.3) is 5.56 Å². The highest BCUT2D eigenvalue weighted by molar-refractivity contribution is 6.76. The maximum absolute atomic E-state index is 12.9. The van der Waals surface area contributed by atoms with Gasteiger partial charge in [0, 0.05) is 32.2 Å². The molecule has 10 nitrogen and oxygen atoms in total. The zero-order valence-corrected chi connectivity index (χ0v) is 20.9. The number of aromatic nitrogens is 4. The second kappa shape index (κ2) is 10.9. The molecule has 0 amide bonds. The van der Waals surface area contributed by atoms with E-state index in [1.165, 1.54) is 0 Å². The van der Waals surface area contributed by atoms with Crippen LogP contribution in [0.15, 0.2) is 44.4 Å². The highest BCUT2D eigenvalue weighted by Gasteiger charge is 2.18. The molecule has 1 aromatic carbocycles. The van der Waals surface area contributed by atoms with Gasteiger partial charge < -0.3 is 14.4 Å². The quantitative estimate of drug-likeness (QED) is 0.329. The van der Waals surface area contributed by atoms with Crippen LogP contribution >= 0.6 is 11.6 Å². The summed E-state index contributed by atoms with van der Waals surface area (Å²) in [6, 6.07) is 10.6. The second-order valence-corrected chi connectivity index (χ2v) is 15.1. The first-order chi connectivity index (χ1) is 16.1. The molecule has 0 unspecified atom stereocenters. The summed E-state index contributed by atoms with van der Waals surface area (Å²) in [4.78, 5) is 29.6. The Morgan fingerprint density at radius 1 is 1.24 bits per heavy atom. The number of hydrogen-bond donors (Lipinski definition) is 1. The lowest BCUT2D eigenvalue weighted by molar-refractivity contribution is 0.0818. The zero-order chi connectivity index (χ0) is 24.9. The van der Waals surface area contributed by atoms with Gasteiger partial charge in [-0.3, -0.25) is 13.9 Å². The zero-order valence-electron chi connectivity index (χ0n) is 19.2. The summed E-state index contributed by atoms with van der Waals surface area (Å²) in [5.41, 5.74) is -0.827. The first-order valence-corrected chi connectivity index (χ1v) is 14.7. The van der Waals surface area contributed by atoms with Crippen molar-refractivity contribution in [2.45, 2.75) is 51.5 Å². The molecular formula is C22H26ClN5O5Si. The molecule has 2 heterocycles. The molecule has 1 atom stereocenters. The van der Waals surface area contributed by atoms with Crippen molar-refractivity contribution in [3.8, 4) is 6.07 Å². The van der Waals surface area contributed by atoms with Crippen LogP contribution in [0.25, 0.3) is 0 Å². The van der Waals surface area contributed by atoms with E-state index in [1.807, 2.05) is 6.07 Å². The van der Waals surface area contributed by atoms with Crippen molar-refractivity contribution < 1.29 is 14.4 Å². The van der Waals surface area contributed by atoms with Crippen molar-refractivity contribution in [2.24, 2.45) is 0 Å². The number of nitrogens with zero attached hydrogens (tertiary/aromatic N) is 5. The fourth-order valence-corrected chi connectivity index (χ4v) is 3.94. The van der Waals surface area contributed by atoms with Gasteiger partial charge in [0.2, 0.25) is 5.89 Å². The average Bonchev–Trinajstić information content (AvgIpc) is 3.21. The topological polar surface area (TPSA) is 136 Å². The summed E-state index contributed by atoms with van der Waals surface area (Å²) in [6.07, 6.45) is -0.811. The summed E-state index contributed by atoms with van der Waals surface area (Å²) < 4.78 is 12.8. The Bertz CT molecular complexity index is 1290. The predicted octanol–water partition coefficient (Wildman–Crippen LogP) is 2.55. The molecular weight excluding hydrogens is 478 g/mol. The number of rotatable bonds is 10. The van der Waals surface area contributed by atoms with Crippen molar-refractivity contribution in [1.82, 2.24) is 19.3 Å². The predicted molar refractivity (Wildman–Crippen MR) is 127 cm³/mol. The lowest BCUT2D eigenvalue weighted by Crippen LogP contribution is -2.41. The van der Waals surface area contributed by atoms with Gasteiger partial charge in [0.15, 0.2) is 5.82 Å². The minimum Gasteiger partial charge on any atom is -0.388 e. The Morgan fingerprint density at radius 3 is 2.59 bits per heavy atom. The molecule has 180 valence electrons. The summed E-state index contributed by atoms with van der Waals surface area (Å²) >= 11 is 5.87. The summed E-state index contributed by atoms with van der Waals surface area (Å²) in [6.45, 7) is 6.65. The number of hydrogen-bond acceptors (Lipinski definition) is 8. The summed E-state index contributed by atoms with van der Waals surface area (Å²) in [7, 11) is -1.32. The van der Waals surface area contributed by atoms with E-state index in [9.17, 15) is 20.0 Å². The van der Waals surface area contributed by atoms with Crippen molar-refractivity contribution in [1.29, 1.82) is 5.26 Å². The lowest BCUT2D eigenvalue weighted by atomic mass is 10.1. The van der Waals surface area contributed by atoms with E-state index >= 15 is 0 Å². The van der Waals surface area contributed by atoms with E-state index in [0.29, 0.717) is 17.2 Å². The number of aliphatic hydroxyl groups is 1. The van der Waals surface area contributed by atoms with Crippen molar-refractivity contribution in [3.05, 3.63) is 79.2 Å². The van der Waals surface area contributed by atoms with E-state index in [-0.39, 0.29) is 37.1 Å². The van der Waals surface area contributed by atoms with Gasteiger partial charge >= 0.3 is 5.69 Å². The first kappa shape index (κ1) is 25.6. The lowest BCUT2D eigenvalue weighted by Gasteiger charge is -2.16. The number of nitriles is 1. The normalized spacial score (nSPS) is 12.5. The third kappa shape index (κ3) is 6.74. The molecule has 3 rings (SSSR count). The van der Waals surface area contributed by atoms with E-state index in [0.717, 1.165) is 21.2 Å². The van der Waals surface area contributed by atoms with E-state index < -0.39 is 25.4 Å². The third-order valence-electron chi connectivity index (χ3n) is 5.04. The average molecular weight is 504 g/mol. The van der Waals surface area contributed by atoms with Crippen LogP contribution in [0.1, 0.15) is 29.1 Å². The molecule has 0 spiro atoms. The molecule has 0 saturated carbocycles. The number of benzene rings is 1. The largest absolute Gasteiger partial charge is 0.388 e. The maximum atomic E-state index is 12.9. The number of halogens is 1. The van der Waals surface area contributed by atoms with Gasteiger partial charge in [-0.1, -0.05) is 48.5 Å². The van der Waals surface area contributed by atoms with Gasteiger partial charge in [0.1, 0.15) is 25.0 Å². The molecule has 0 fully saturated rings. The van der Waals surface area contributed by atoms with Crippen LogP contribution in [0.2, 0.25) is 30.7 Å². The first-order valence-electron chi connectivity index (χ1n) is 10.6. The van der Waals surface area contributed by atoms with Crippen LogP contribution in [0.3, 0.4) is 0 Å². The van der Waals surface area contributed by atoms with Gasteiger partial charge in [-0.05, 0) is 23.7 Å². The van der Waals surface area contributed by atoms with Crippen molar-refractivity contribution in [3.63, 3.8) is 0 Å². The second-order valence-electron chi connectivity index (χ2n) is 9.00. The number of ether oxygens (including phenoxy) is 1. The fraction of sp³-hybridized carbons (Fsp3) is 0.409. The minimum atomic E-state index is -1.32. The molecule has 0 saturated heterocycles. The van der Waals surface area contributed by atoms with Gasteiger partial charge in [-0.15, -0.1) is 0 Å². The van der Waals surface area contributed by atoms with Crippen LogP contribution in [0.4, 0.5) is 0 Å². The molecule has 0 aliphatic rings. The molecule has 0 aliphatic heterocycles. The molecule has 3 aromatic rings. The van der Waals surface area contributed by atoms with Crippen molar-refractivity contribution >= 4 is 19.7 Å². The fourth-order valence-electron chi connectivity index (χ4n) is 3.06. The SMILES string of the molecule is C[Si](C)(C)CCOCn1c(C#N)cc(=O)n(Cc2nc(C[C@H](O)c3ccc(Cl)cc3)no2)c1=O. The maximum Gasteiger partial charge on any atom is 0.334 e. The van der Waals surface area contributed by atoms with Crippen LogP contribution in [-0.4, -0.2) is 39.1 Å².